The highest BCUT2D eigenvalue weighted by Crippen LogP contribution is 2.54. The van der Waals surface area contributed by atoms with E-state index >= 15 is 0 Å². The van der Waals surface area contributed by atoms with E-state index in [-0.39, 0.29) is 0 Å². The fourth-order valence-corrected chi connectivity index (χ4v) is 8.36. The molecule has 0 unspecified atom stereocenters. The van der Waals surface area contributed by atoms with Gasteiger partial charge >= 0.3 is 0 Å². The van der Waals surface area contributed by atoms with Gasteiger partial charge in [-0.2, -0.15) is 9.97 Å². The van der Waals surface area contributed by atoms with E-state index in [4.69, 9.17) is 15.0 Å². The van der Waals surface area contributed by atoms with Gasteiger partial charge in [0.2, 0.25) is 5.95 Å². The maximum atomic E-state index is 5.27. The summed E-state index contributed by atoms with van der Waals surface area (Å²) in [5.41, 5.74) is 15.1. The Kier molecular flexibility index (Phi) is 8.07. The summed E-state index contributed by atoms with van der Waals surface area (Å²) in [6.07, 6.45) is 0. The van der Waals surface area contributed by atoms with Gasteiger partial charge < -0.3 is 4.57 Å². The first-order valence-corrected chi connectivity index (χ1v) is 19.5. The van der Waals surface area contributed by atoms with E-state index in [1.807, 2.05) is 36.4 Å². The Morgan fingerprint density at radius 2 is 0.793 bits per heavy atom. The Balaban J connectivity index is 1.22. The second kappa shape index (κ2) is 14.0. The van der Waals surface area contributed by atoms with E-state index in [2.05, 4.69) is 185 Å². The van der Waals surface area contributed by atoms with Crippen molar-refractivity contribution in [1.29, 1.82) is 0 Å². The summed E-state index contributed by atoms with van der Waals surface area (Å²) < 4.78 is 2.46. The fourth-order valence-electron chi connectivity index (χ4n) is 8.36. The number of aromatic nitrogens is 4. The molecular weight excluding hydrogens is 707 g/mol. The molecule has 5 heteroatoms. The Bertz CT molecular complexity index is 2990. The van der Waals surface area contributed by atoms with Crippen molar-refractivity contribution in [2.45, 2.75) is 0 Å². The molecule has 0 saturated heterocycles. The van der Waals surface area contributed by atoms with Crippen molar-refractivity contribution in [1.82, 2.24) is 19.5 Å². The van der Waals surface area contributed by atoms with Gasteiger partial charge in [-0.05, 0) is 58.7 Å². The maximum Gasteiger partial charge on any atom is 0.238 e. The van der Waals surface area contributed by atoms with Gasteiger partial charge in [0.1, 0.15) is 0 Å². The average Bonchev–Trinajstić information content (AvgIpc) is 3.59. The first-order chi connectivity index (χ1) is 28.8. The fraction of sp³-hybridized carbons (Fsp3) is 0. The lowest BCUT2D eigenvalue weighted by atomic mass is 9.97. The summed E-state index contributed by atoms with van der Waals surface area (Å²) in [7, 11) is 0. The van der Waals surface area contributed by atoms with Crippen LogP contribution in [0.5, 0.6) is 0 Å². The van der Waals surface area contributed by atoms with Crippen LogP contribution in [0.25, 0.3) is 84.0 Å². The molecule has 58 heavy (non-hydrogen) atoms. The van der Waals surface area contributed by atoms with Crippen molar-refractivity contribution in [3.05, 3.63) is 212 Å². The number of rotatable bonds is 6. The Hall–Kier alpha value is -7.89. The van der Waals surface area contributed by atoms with Gasteiger partial charge in [0.15, 0.2) is 11.6 Å². The maximum absolute atomic E-state index is 5.27. The van der Waals surface area contributed by atoms with E-state index in [1.165, 1.54) is 16.5 Å². The Morgan fingerprint density at radius 3 is 1.36 bits per heavy atom. The van der Waals surface area contributed by atoms with Crippen molar-refractivity contribution in [2.75, 3.05) is 4.90 Å². The molecule has 1 aliphatic rings. The number of benzene rings is 8. The molecule has 0 bridgehead atoms. The number of hydrogen-bond acceptors (Lipinski definition) is 4. The molecule has 8 aromatic carbocycles. The lowest BCUT2D eigenvalue weighted by molar-refractivity contribution is 1.02. The zero-order valence-corrected chi connectivity index (χ0v) is 31.4. The molecule has 2 aromatic heterocycles. The predicted molar refractivity (Wildman–Crippen MR) is 238 cm³/mol. The third-order valence-corrected chi connectivity index (χ3v) is 11.0. The summed E-state index contributed by atoms with van der Waals surface area (Å²) >= 11 is 0. The van der Waals surface area contributed by atoms with E-state index in [0.29, 0.717) is 17.6 Å². The third kappa shape index (κ3) is 5.68. The number of hydrogen-bond donors (Lipinski definition) is 0. The summed E-state index contributed by atoms with van der Waals surface area (Å²) in [6, 6.07) is 74.7. The van der Waals surface area contributed by atoms with Crippen molar-refractivity contribution >= 4 is 28.2 Å². The molecule has 272 valence electrons. The molecular formula is C53H35N5. The van der Waals surface area contributed by atoms with Gasteiger partial charge in [-0.1, -0.05) is 176 Å². The SMILES string of the molecule is c1ccc(-c2cc(-c3ccccc3)cc(-n3c4c(c5ccccc53)-c3ccccc3N(c3nc(-c5ccccc5)nc(-c5ccccc5)n3)c3ccccc3-4)c2)cc1. The zero-order chi connectivity index (χ0) is 38.4. The van der Waals surface area contributed by atoms with Gasteiger partial charge in [0, 0.05) is 38.9 Å². The summed E-state index contributed by atoms with van der Waals surface area (Å²) in [4.78, 5) is 17.8. The van der Waals surface area contributed by atoms with Crippen LogP contribution < -0.4 is 4.90 Å². The molecule has 0 saturated carbocycles. The predicted octanol–water partition coefficient (Wildman–Crippen LogP) is 13.6. The minimum atomic E-state index is 0.547. The second-order valence-electron chi connectivity index (χ2n) is 14.5. The van der Waals surface area contributed by atoms with E-state index < -0.39 is 0 Å². The normalized spacial score (nSPS) is 11.8. The minimum Gasteiger partial charge on any atom is -0.308 e. The third-order valence-electron chi connectivity index (χ3n) is 11.0. The monoisotopic (exact) mass is 741 g/mol. The molecule has 1 aliphatic heterocycles. The number of nitrogens with zero attached hydrogens (tertiary/aromatic N) is 5. The molecule has 5 nitrogen and oxygen atoms in total. The van der Waals surface area contributed by atoms with Crippen LogP contribution in [0.2, 0.25) is 0 Å². The van der Waals surface area contributed by atoms with Crippen molar-refractivity contribution in [2.24, 2.45) is 0 Å². The molecule has 10 aromatic rings. The highest BCUT2D eigenvalue weighted by Gasteiger charge is 2.33. The van der Waals surface area contributed by atoms with Gasteiger partial charge in [0.05, 0.1) is 22.6 Å². The zero-order valence-electron chi connectivity index (χ0n) is 31.4. The van der Waals surface area contributed by atoms with E-state index in [9.17, 15) is 0 Å². The first-order valence-electron chi connectivity index (χ1n) is 19.5. The van der Waals surface area contributed by atoms with Crippen LogP contribution in [0.1, 0.15) is 0 Å². The summed E-state index contributed by atoms with van der Waals surface area (Å²) in [6.45, 7) is 0. The van der Waals surface area contributed by atoms with Crippen molar-refractivity contribution in [3.8, 4) is 73.1 Å². The quantitative estimate of drug-likeness (QED) is 0.170. The average molecular weight is 742 g/mol. The second-order valence-corrected chi connectivity index (χ2v) is 14.5. The standard InChI is InChI=1S/C53H35N5/c1-5-19-36(20-6-1)40-33-41(37-21-7-2-8-22-37)35-42(34-40)57-46-30-16-13-27-43(46)49-44-28-14-17-31-47(44)58(48-32-18-15-29-45(48)50(49)57)53-55-51(38-23-9-3-10-24-38)54-52(56-53)39-25-11-4-12-26-39/h1-35H. The van der Waals surface area contributed by atoms with E-state index in [1.54, 1.807) is 0 Å². The smallest absolute Gasteiger partial charge is 0.238 e. The number of para-hydroxylation sites is 3. The molecule has 0 atom stereocenters. The highest BCUT2D eigenvalue weighted by atomic mass is 15.3. The molecule has 0 N–H and O–H groups in total. The van der Waals surface area contributed by atoms with Crippen molar-refractivity contribution in [3.63, 3.8) is 0 Å². The Morgan fingerprint density at radius 1 is 0.345 bits per heavy atom. The molecule has 11 rings (SSSR count). The highest BCUT2D eigenvalue weighted by molar-refractivity contribution is 6.12. The van der Waals surface area contributed by atoms with Crippen LogP contribution in [0.3, 0.4) is 0 Å². The topological polar surface area (TPSA) is 46.8 Å². The molecule has 0 spiro atoms. The van der Waals surface area contributed by atoms with Crippen LogP contribution in [-0.4, -0.2) is 19.5 Å². The van der Waals surface area contributed by atoms with Gasteiger partial charge in [0.25, 0.3) is 0 Å². The molecule has 0 aliphatic carbocycles. The first kappa shape index (κ1) is 33.4. The van der Waals surface area contributed by atoms with Crippen LogP contribution in [0.15, 0.2) is 212 Å². The van der Waals surface area contributed by atoms with Crippen LogP contribution in [-0.2, 0) is 0 Å². The van der Waals surface area contributed by atoms with Crippen LogP contribution >= 0.6 is 0 Å². The lowest BCUT2D eigenvalue weighted by Crippen LogP contribution is -2.16. The number of fused-ring (bicyclic) bond motifs is 7. The number of anilines is 3. The lowest BCUT2D eigenvalue weighted by Gasteiger charge is -2.26. The largest absolute Gasteiger partial charge is 0.308 e. The Labute approximate surface area is 336 Å². The molecule has 0 radical (unpaired) electrons. The van der Waals surface area contributed by atoms with Crippen molar-refractivity contribution < 1.29 is 0 Å². The summed E-state index contributed by atoms with van der Waals surface area (Å²) in [5.74, 6) is 1.77. The van der Waals surface area contributed by atoms with E-state index in [0.717, 1.165) is 67.2 Å². The molecule has 3 heterocycles. The van der Waals surface area contributed by atoms with Gasteiger partial charge in [-0.3, -0.25) is 4.90 Å². The van der Waals surface area contributed by atoms with Gasteiger partial charge in [-0.15, -0.1) is 0 Å². The van der Waals surface area contributed by atoms with Crippen LogP contribution in [0.4, 0.5) is 17.3 Å². The van der Waals surface area contributed by atoms with Crippen LogP contribution in [0, 0.1) is 0 Å². The minimum absolute atomic E-state index is 0.547. The molecule has 0 fully saturated rings. The summed E-state index contributed by atoms with van der Waals surface area (Å²) in [5, 5.41) is 1.17. The van der Waals surface area contributed by atoms with Gasteiger partial charge in [-0.25, -0.2) is 4.98 Å². The molecule has 0 amide bonds.